The predicted molar refractivity (Wildman–Crippen MR) is 127 cm³/mol. The Morgan fingerprint density at radius 1 is 1.06 bits per heavy atom. The third kappa shape index (κ3) is 3.39. The lowest BCUT2D eigenvalue weighted by atomic mass is 9.96. The summed E-state index contributed by atoms with van der Waals surface area (Å²) in [4.78, 5) is 6.70. The van der Waals surface area contributed by atoms with Crippen molar-refractivity contribution in [2.75, 3.05) is 4.90 Å². The number of hydrogen-bond donors (Lipinski definition) is 2. The molecule has 3 heterocycles. The van der Waals surface area contributed by atoms with Crippen molar-refractivity contribution in [2.45, 2.75) is 57.7 Å². The normalized spacial score (nSPS) is 21.6. The molecule has 2 aliphatic rings. The standard InChI is InChI=1S/C25H28N4OS/c1-16-15-19(17(2)28(16)18-9-3-4-10-18)24-23(20-11-7-8-14-26-20)27-25(31)29(24)21-12-5-6-13-22(21)30/h5-8,11-15,18,23-24,30H,3-4,9-10H2,1-2H3,(H,27,31). The number of nitrogens with zero attached hydrogens (tertiary/aromatic N) is 3. The summed E-state index contributed by atoms with van der Waals surface area (Å²) in [6.45, 7) is 4.43. The van der Waals surface area contributed by atoms with Gasteiger partial charge in [0.15, 0.2) is 5.11 Å². The fraction of sp³-hybridized carbons (Fsp3) is 0.360. The van der Waals surface area contributed by atoms with Crippen molar-refractivity contribution in [1.29, 1.82) is 0 Å². The van der Waals surface area contributed by atoms with Gasteiger partial charge in [0.25, 0.3) is 0 Å². The number of aryl methyl sites for hydroxylation is 1. The third-order valence-corrected chi connectivity index (χ3v) is 7.09. The minimum atomic E-state index is -0.106. The topological polar surface area (TPSA) is 53.3 Å². The van der Waals surface area contributed by atoms with E-state index in [9.17, 15) is 5.11 Å². The van der Waals surface area contributed by atoms with Crippen LogP contribution in [-0.2, 0) is 0 Å². The number of thiocarbonyl (C=S) groups is 1. The second kappa shape index (κ2) is 8.00. The molecule has 0 amide bonds. The zero-order valence-electron chi connectivity index (χ0n) is 18.0. The Balaban J connectivity index is 1.66. The molecule has 5 nitrogen and oxygen atoms in total. The first kappa shape index (κ1) is 20.1. The van der Waals surface area contributed by atoms with Crippen molar-refractivity contribution >= 4 is 23.0 Å². The minimum absolute atomic E-state index is 0.1000. The number of nitrogens with one attached hydrogen (secondary N) is 1. The van der Waals surface area contributed by atoms with Gasteiger partial charge in [-0.2, -0.15) is 0 Å². The van der Waals surface area contributed by atoms with Gasteiger partial charge in [0, 0.05) is 23.6 Å². The van der Waals surface area contributed by atoms with E-state index in [1.807, 2.05) is 42.6 Å². The Morgan fingerprint density at radius 3 is 2.52 bits per heavy atom. The molecule has 0 bridgehead atoms. The van der Waals surface area contributed by atoms with Crippen LogP contribution < -0.4 is 10.2 Å². The van der Waals surface area contributed by atoms with Gasteiger partial charge in [-0.1, -0.05) is 31.0 Å². The Bertz CT molecular complexity index is 1100. The number of hydrogen-bond acceptors (Lipinski definition) is 3. The summed E-state index contributed by atoms with van der Waals surface area (Å²) in [6, 6.07) is 16.1. The van der Waals surface area contributed by atoms with Gasteiger partial charge in [-0.05, 0) is 74.8 Å². The quantitative estimate of drug-likeness (QED) is 0.533. The van der Waals surface area contributed by atoms with Crippen molar-refractivity contribution < 1.29 is 5.11 Å². The van der Waals surface area contributed by atoms with E-state index in [1.165, 1.54) is 42.6 Å². The molecule has 6 heteroatoms. The number of pyridine rings is 1. The molecule has 1 saturated carbocycles. The number of benzene rings is 1. The maximum Gasteiger partial charge on any atom is 0.174 e. The van der Waals surface area contributed by atoms with Crippen LogP contribution in [0.2, 0.25) is 0 Å². The van der Waals surface area contributed by atoms with Gasteiger partial charge in [0.05, 0.1) is 23.5 Å². The number of rotatable bonds is 4. The van der Waals surface area contributed by atoms with Crippen molar-refractivity contribution in [3.05, 3.63) is 77.4 Å². The highest BCUT2D eigenvalue weighted by Gasteiger charge is 2.43. The van der Waals surface area contributed by atoms with E-state index in [2.05, 4.69) is 39.7 Å². The third-order valence-electron chi connectivity index (χ3n) is 6.77. The van der Waals surface area contributed by atoms with Crippen LogP contribution in [-0.4, -0.2) is 19.8 Å². The Labute approximate surface area is 188 Å². The van der Waals surface area contributed by atoms with E-state index in [4.69, 9.17) is 12.2 Å². The lowest BCUT2D eigenvalue weighted by Crippen LogP contribution is -2.29. The SMILES string of the molecule is Cc1cc(C2C(c3ccccn3)NC(=S)N2c2ccccc2O)c(C)n1C1CCCC1. The summed E-state index contributed by atoms with van der Waals surface area (Å²) in [6.07, 6.45) is 6.90. The molecule has 31 heavy (non-hydrogen) atoms. The second-order valence-electron chi connectivity index (χ2n) is 8.62. The summed E-state index contributed by atoms with van der Waals surface area (Å²) in [7, 11) is 0. The van der Waals surface area contributed by atoms with Gasteiger partial charge < -0.3 is 19.9 Å². The highest BCUT2D eigenvalue weighted by molar-refractivity contribution is 7.80. The molecular formula is C25H28N4OS. The molecule has 2 fully saturated rings. The van der Waals surface area contributed by atoms with E-state index in [0.717, 1.165) is 5.69 Å². The Kier molecular flexibility index (Phi) is 5.18. The maximum absolute atomic E-state index is 10.7. The number of phenols is 1. The lowest BCUT2D eigenvalue weighted by Gasteiger charge is -2.29. The van der Waals surface area contributed by atoms with E-state index >= 15 is 0 Å². The van der Waals surface area contributed by atoms with E-state index in [1.54, 1.807) is 6.07 Å². The van der Waals surface area contributed by atoms with Crippen LogP contribution in [0.5, 0.6) is 5.75 Å². The molecule has 3 aromatic rings. The van der Waals surface area contributed by atoms with Crippen LogP contribution in [0, 0.1) is 13.8 Å². The predicted octanol–water partition coefficient (Wildman–Crippen LogP) is 5.50. The second-order valence-corrected chi connectivity index (χ2v) is 9.01. The molecule has 1 aliphatic carbocycles. The van der Waals surface area contributed by atoms with E-state index < -0.39 is 0 Å². The number of aromatic hydroxyl groups is 1. The smallest absolute Gasteiger partial charge is 0.174 e. The van der Waals surface area contributed by atoms with E-state index in [0.29, 0.717) is 16.8 Å². The van der Waals surface area contributed by atoms with Gasteiger partial charge in [-0.25, -0.2) is 0 Å². The molecule has 2 unspecified atom stereocenters. The fourth-order valence-electron chi connectivity index (χ4n) is 5.42. The molecule has 2 N–H and O–H groups in total. The molecule has 1 aromatic carbocycles. The molecule has 0 spiro atoms. The summed E-state index contributed by atoms with van der Waals surface area (Å²) < 4.78 is 2.52. The number of anilines is 1. The summed E-state index contributed by atoms with van der Waals surface area (Å²) in [5.41, 5.74) is 5.46. The Morgan fingerprint density at radius 2 is 1.81 bits per heavy atom. The van der Waals surface area contributed by atoms with Gasteiger partial charge in [0.1, 0.15) is 5.75 Å². The highest BCUT2D eigenvalue weighted by Crippen LogP contribution is 2.46. The zero-order chi connectivity index (χ0) is 21.5. The lowest BCUT2D eigenvalue weighted by molar-refractivity contribution is 0.472. The van der Waals surface area contributed by atoms with Gasteiger partial charge >= 0.3 is 0 Å². The first-order chi connectivity index (χ1) is 15.1. The molecule has 5 rings (SSSR count). The zero-order valence-corrected chi connectivity index (χ0v) is 18.8. The molecule has 0 radical (unpaired) electrons. The van der Waals surface area contributed by atoms with Crippen LogP contribution in [0.3, 0.4) is 0 Å². The highest BCUT2D eigenvalue weighted by atomic mass is 32.1. The first-order valence-corrected chi connectivity index (χ1v) is 11.4. The van der Waals surface area contributed by atoms with Crippen molar-refractivity contribution in [2.24, 2.45) is 0 Å². The van der Waals surface area contributed by atoms with Gasteiger partial charge in [-0.3, -0.25) is 4.98 Å². The van der Waals surface area contributed by atoms with Gasteiger partial charge in [0.2, 0.25) is 0 Å². The monoisotopic (exact) mass is 432 g/mol. The molecule has 1 aliphatic heterocycles. The Hall–Kier alpha value is -2.86. The van der Waals surface area contributed by atoms with Crippen molar-refractivity contribution in [3.8, 4) is 5.75 Å². The van der Waals surface area contributed by atoms with Crippen LogP contribution in [0.25, 0.3) is 0 Å². The molecule has 2 atom stereocenters. The fourth-order valence-corrected chi connectivity index (χ4v) is 5.76. The molecule has 2 aromatic heterocycles. The van der Waals surface area contributed by atoms with E-state index in [-0.39, 0.29) is 17.8 Å². The van der Waals surface area contributed by atoms with Crippen LogP contribution >= 0.6 is 12.2 Å². The molecule has 1 saturated heterocycles. The summed E-state index contributed by atoms with van der Waals surface area (Å²) in [5.74, 6) is 0.225. The van der Waals surface area contributed by atoms with Crippen LogP contribution in [0.1, 0.15) is 66.5 Å². The number of phenolic OH excluding ortho intramolecular Hbond substituents is 1. The number of aromatic nitrogens is 2. The average Bonchev–Trinajstić information content (AvgIpc) is 3.47. The number of para-hydroxylation sites is 2. The largest absolute Gasteiger partial charge is 0.506 e. The van der Waals surface area contributed by atoms with Crippen molar-refractivity contribution in [3.63, 3.8) is 0 Å². The van der Waals surface area contributed by atoms with Crippen LogP contribution in [0.4, 0.5) is 5.69 Å². The minimum Gasteiger partial charge on any atom is -0.506 e. The first-order valence-electron chi connectivity index (χ1n) is 11.0. The maximum atomic E-state index is 10.7. The molecular weight excluding hydrogens is 404 g/mol. The summed E-state index contributed by atoms with van der Waals surface area (Å²) in [5, 5.41) is 14.8. The average molecular weight is 433 g/mol. The molecule has 160 valence electrons. The van der Waals surface area contributed by atoms with Crippen molar-refractivity contribution in [1.82, 2.24) is 14.9 Å². The summed E-state index contributed by atoms with van der Waals surface area (Å²) >= 11 is 5.80. The van der Waals surface area contributed by atoms with Gasteiger partial charge in [-0.15, -0.1) is 0 Å². The van der Waals surface area contributed by atoms with Crippen LogP contribution in [0.15, 0.2) is 54.7 Å².